The minimum atomic E-state index is -0.602. The Hall–Kier alpha value is -3.61. The van der Waals surface area contributed by atoms with E-state index in [1.165, 1.54) is 0 Å². The van der Waals surface area contributed by atoms with E-state index < -0.39 is 5.92 Å². The summed E-state index contributed by atoms with van der Waals surface area (Å²) in [4.78, 5) is 31.5. The van der Waals surface area contributed by atoms with Gasteiger partial charge >= 0.3 is 0 Å². The number of hydrogen-bond donors (Lipinski definition) is 2. The van der Waals surface area contributed by atoms with E-state index in [0.29, 0.717) is 52.6 Å². The summed E-state index contributed by atoms with van der Waals surface area (Å²) in [5, 5.41) is 6.30. The molecule has 0 fully saturated rings. The van der Waals surface area contributed by atoms with Crippen molar-refractivity contribution < 1.29 is 19.1 Å². The van der Waals surface area contributed by atoms with Crippen molar-refractivity contribution in [1.82, 2.24) is 10.3 Å². The number of allylic oxidation sites excluding steroid dienone is 3. The Morgan fingerprint density at radius 2 is 1.88 bits per heavy atom. The lowest BCUT2D eigenvalue weighted by Crippen LogP contribution is -2.39. The molecule has 2 aromatic rings. The molecule has 4 rings (SSSR count). The van der Waals surface area contributed by atoms with Crippen LogP contribution in [0.3, 0.4) is 0 Å². The molecular weight excluding hydrogens is 430 g/mol. The Balaban J connectivity index is 1.88. The molecule has 1 aliphatic carbocycles. The fourth-order valence-corrected chi connectivity index (χ4v) is 4.90. The first-order chi connectivity index (χ1) is 16.1. The molecule has 1 atom stereocenters. The van der Waals surface area contributed by atoms with Crippen LogP contribution in [0.2, 0.25) is 0 Å². The number of anilines is 1. The van der Waals surface area contributed by atoms with Crippen molar-refractivity contribution in [3.8, 4) is 11.5 Å². The standard InChI is InChI=1S/C27H31N3O4/c1-15-9-10-28-22(11-15)30-26(32)23-16(2)29-19-13-27(3,4)14-20(31)25(19)24(23)18-12-17(33-5)7-8-21(18)34-6/h7-12,24,29H,13-14H2,1-6H3,(H,28,30,32)/t24-/m0/s1. The molecule has 7 heteroatoms. The Bertz CT molecular complexity index is 1230. The summed E-state index contributed by atoms with van der Waals surface area (Å²) in [6, 6.07) is 9.13. The molecule has 7 nitrogen and oxygen atoms in total. The van der Waals surface area contributed by atoms with Crippen LogP contribution >= 0.6 is 0 Å². The number of aryl methyl sites for hydroxylation is 1. The molecule has 0 radical (unpaired) electrons. The monoisotopic (exact) mass is 461 g/mol. The highest BCUT2D eigenvalue weighted by Gasteiger charge is 2.43. The minimum absolute atomic E-state index is 0.0279. The molecule has 0 bridgehead atoms. The maximum absolute atomic E-state index is 13.7. The number of carbonyl (C=O) groups excluding carboxylic acids is 2. The van der Waals surface area contributed by atoms with Crippen LogP contribution in [0.4, 0.5) is 5.82 Å². The largest absolute Gasteiger partial charge is 0.497 e. The van der Waals surface area contributed by atoms with E-state index in [0.717, 1.165) is 11.3 Å². The van der Waals surface area contributed by atoms with Gasteiger partial charge in [0, 0.05) is 40.7 Å². The van der Waals surface area contributed by atoms with Gasteiger partial charge in [-0.15, -0.1) is 0 Å². The van der Waals surface area contributed by atoms with E-state index >= 15 is 0 Å². The lowest BCUT2D eigenvalue weighted by atomic mass is 9.68. The van der Waals surface area contributed by atoms with E-state index in [2.05, 4.69) is 29.5 Å². The predicted molar refractivity (Wildman–Crippen MR) is 131 cm³/mol. The van der Waals surface area contributed by atoms with Gasteiger partial charge in [0.15, 0.2) is 5.78 Å². The van der Waals surface area contributed by atoms with Gasteiger partial charge in [-0.25, -0.2) is 4.98 Å². The third-order valence-electron chi connectivity index (χ3n) is 6.39. The van der Waals surface area contributed by atoms with E-state index in [-0.39, 0.29) is 17.1 Å². The number of carbonyl (C=O) groups is 2. The topological polar surface area (TPSA) is 89.6 Å². The number of rotatable bonds is 5. The molecular formula is C27H31N3O4. The lowest BCUT2D eigenvalue weighted by molar-refractivity contribution is -0.118. The second kappa shape index (κ2) is 8.97. The van der Waals surface area contributed by atoms with Crippen LogP contribution in [0.25, 0.3) is 0 Å². The normalized spacial score (nSPS) is 19.4. The Morgan fingerprint density at radius 3 is 2.56 bits per heavy atom. The van der Waals surface area contributed by atoms with Crippen LogP contribution in [0.5, 0.6) is 11.5 Å². The molecule has 178 valence electrons. The number of hydrogen-bond acceptors (Lipinski definition) is 6. The van der Waals surface area contributed by atoms with Crippen molar-refractivity contribution in [2.45, 2.75) is 46.5 Å². The van der Waals surface area contributed by atoms with Crippen LogP contribution in [0.1, 0.15) is 50.7 Å². The highest BCUT2D eigenvalue weighted by molar-refractivity contribution is 6.09. The van der Waals surface area contributed by atoms with Crippen LogP contribution in [0, 0.1) is 12.3 Å². The van der Waals surface area contributed by atoms with E-state index in [4.69, 9.17) is 9.47 Å². The van der Waals surface area contributed by atoms with Gasteiger partial charge in [-0.2, -0.15) is 0 Å². The first-order valence-electron chi connectivity index (χ1n) is 11.3. The van der Waals surface area contributed by atoms with Crippen molar-refractivity contribution in [3.05, 3.63) is 70.2 Å². The van der Waals surface area contributed by atoms with Gasteiger partial charge < -0.3 is 20.1 Å². The van der Waals surface area contributed by atoms with Crippen molar-refractivity contribution in [2.24, 2.45) is 5.41 Å². The second-order valence-corrected chi connectivity index (χ2v) is 9.71. The number of nitrogens with one attached hydrogen (secondary N) is 2. The smallest absolute Gasteiger partial charge is 0.255 e. The fourth-order valence-electron chi connectivity index (χ4n) is 4.90. The number of nitrogens with zero attached hydrogens (tertiary/aromatic N) is 1. The summed E-state index contributed by atoms with van der Waals surface area (Å²) < 4.78 is 11.1. The molecule has 1 aromatic heterocycles. The second-order valence-electron chi connectivity index (χ2n) is 9.71. The summed E-state index contributed by atoms with van der Waals surface area (Å²) in [5.74, 6) is 0.774. The highest BCUT2D eigenvalue weighted by atomic mass is 16.5. The zero-order chi connectivity index (χ0) is 24.6. The van der Waals surface area contributed by atoms with Crippen molar-refractivity contribution >= 4 is 17.5 Å². The molecule has 0 spiro atoms. The molecule has 1 aromatic carbocycles. The number of methoxy groups -OCH3 is 2. The molecule has 2 heterocycles. The van der Waals surface area contributed by atoms with E-state index in [9.17, 15) is 9.59 Å². The third kappa shape index (κ3) is 4.42. The van der Waals surface area contributed by atoms with Gasteiger partial charge in [-0.05, 0) is 61.6 Å². The van der Waals surface area contributed by atoms with Crippen LogP contribution in [-0.4, -0.2) is 30.9 Å². The number of benzene rings is 1. The molecule has 1 aliphatic heterocycles. The molecule has 1 amide bonds. The summed E-state index contributed by atoms with van der Waals surface area (Å²) in [7, 11) is 3.17. The number of ketones is 1. The molecule has 0 saturated heterocycles. The molecule has 2 aliphatic rings. The minimum Gasteiger partial charge on any atom is -0.497 e. The number of Topliss-reactive ketones (excluding diaryl/α,β-unsaturated/α-hetero) is 1. The zero-order valence-electron chi connectivity index (χ0n) is 20.5. The number of pyridine rings is 1. The van der Waals surface area contributed by atoms with Crippen molar-refractivity contribution in [2.75, 3.05) is 19.5 Å². The van der Waals surface area contributed by atoms with Gasteiger partial charge in [0.05, 0.1) is 20.1 Å². The maximum Gasteiger partial charge on any atom is 0.255 e. The third-order valence-corrected chi connectivity index (χ3v) is 6.39. The Kier molecular flexibility index (Phi) is 6.21. The average molecular weight is 462 g/mol. The van der Waals surface area contributed by atoms with Gasteiger partial charge in [0.1, 0.15) is 17.3 Å². The summed E-state index contributed by atoms with van der Waals surface area (Å²) in [5.41, 5.74) is 4.16. The first kappa shape index (κ1) is 23.5. The highest BCUT2D eigenvalue weighted by Crippen LogP contribution is 2.49. The molecule has 0 saturated carbocycles. The predicted octanol–water partition coefficient (Wildman–Crippen LogP) is 4.65. The Labute approximate surface area is 200 Å². The van der Waals surface area contributed by atoms with Crippen molar-refractivity contribution in [1.29, 1.82) is 0 Å². The van der Waals surface area contributed by atoms with Gasteiger partial charge in [-0.1, -0.05) is 13.8 Å². The molecule has 2 N–H and O–H groups in total. The summed E-state index contributed by atoms with van der Waals surface area (Å²) >= 11 is 0. The SMILES string of the molecule is COc1ccc(OC)c([C@H]2C(C(=O)Nc3cc(C)ccn3)=C(C)NC3=C2C(=O)CC(C)(C)C3)c1. The average Bonchev–Trinajstić information content (AvgIpc) is 2.76. The maximum atomic E-state index is 13.7. The van der Waals surface area contributed by atoms with Crippen molar-refractivity contribution in [3.63, 3.8) is 0 Å². The molecule has 0 unspecified atom stereocenters. The molecule has 34 heavy (non-hydrogen) atoms. The lowest BCUT2D eigenvalue weighted by Gasteiger charge is -2.40. The van der Waals surface area contributed by atoms with Gasteiger partial charge in [-0.3, -0.25) is 9.59 Å². The van der Waals surface area contributed by atoms with Gasteiger partial charge in [0.2, 0.25) is 0 Å². The van der Waals surface area contributed by atoms with E-state index in [1.54, 1.807) is 32.5 Å². The first-order valence-corrected chi connectivity index (χ1v) is 11.3. The van der Waals surface area contributed by atoms with Crippen LogP contribution < -0.4 is 20.1 Å². The zero-order valence-corrected chi connectivity index (χ0v) is 20.5. The summed E-state index contributed by atoms with van der Waals surface area (Å²) in [6.45, 7) is 7.98. The number of dihydropyridines is 1. The van der Waals surface area contributed by atoms with Gasteiger partial charge in [0.25, 0.3) is 5.91 Å². The van der Waals surface area contributed by atoms with Crippen LogP contribution in [-0.2, 0) is 9.59 Å². The number of aromatic nitrogens is 1. The number of amides is 1. The number of ether oxygens (including phenoxy) is 2. The fraction of sp³-hybridized carbons (Fsp3) is 0.370. The summed E-state index contributed by atoms with van der Waals surface area (Å²) in [6.07, 6.45) is 2.77. The van der Waals surface area contributed by atoms with E-state index in [1.807, 2.05) is 32.0 Å². The Morgan fingerprint density at radius 1 is 1.12 bits per heavy atom. The quantitative estimate of drug-likeness (QED) is 0.674. The van der Waals surface area contributed by atoms with Crippen LogP contribution in [0.15, 0.2) is 59.1 Å².